The third kappa shape index (κ3) is 4.02. The van der Waals surface area contributed by atoms with Crippen LogP contribution in [0.15, 0.2) is 88.8 Å². The van der Waals surface area contributed by atoms with Crippen molar-refractivity contribution in [1.29, 1.82) is 0 Å². The highest BCUT2D eigenvalue weighted by Crippen LogP contribution is 2.39. The minimum absolute atomic E-state index is 0.0865. The normalized spacial score (nSPS) is 14.3. The van der Waals surface area contributed by atoms with Crippen LogP contribution < -0.4 is 10.6 Å². The van der Waals surface area contributed by atoms with Crippen molar-refractivity contribution in [3.63, 3.8) is 0 Å². The third-order valence-corrected chi connectivity index (χ3v) is 6.23. The van der Waals surface area contributed by atoms with E-state index in [9.17, 15) is 14.0 Å². The van der Waals surface area contributed by atoms with Gasteiger partial charge >= 0.3 is 0 Å². The topological polar surface area (TPSA) is 63.1 Å². The molecule has 2 heterocycles. The second-order valence-electron chi connectivity index (χ2n) is 7.35. The average molecular weight is 444 g/mol. The molecule has 1 aliphatic heterocycles. The monoisotopic (exact) mass is 443 g/mol. The SMILES string of the molecule is O=C(Cn1cc(/C=C2\Sc3ccccc3NC2=O)c2ccccc21)Nc1ccc(F)cc1. The Morgan fingerprint density at radius 3 is 2.62 bits per heavy atom. The second-order valence-corrected chi connectivity index (χ2v) is 8.43. The van der Waals surface area contributed by atoms with Crippen LogP contribution in [-0.4, -0.2) is 16.4 Å². The number of hydrogen-bond donors (Lipinski definition) is 2. The number of carbonyl (C=O) groups excluding carboxylic acids is 2. The fraction of sp³-hybridized carbons (Fsp3) is 0.0400. The molecule has 0 atom stereocenters. The molecule has 0 unspecified atom stereocenters. The lowest BCUT2D eigenvalue weighted by molar-refractivity contribution is -0.116. The van der Waals surface area contributed by atoms with Crippen LogP contribution in [0.1, 0.15) is 5.56 Å². The molecule has 0 spiro atoms. The van der Waals surface area contributed by atoms with E-state index >= 15 is 0 Å². The number of thioether (sulfide) groups is 1. The first-order chi connectivity index (χ1) is 15.6. The fourth-order valence-corrected chi connectivity index (χ4v) is 4.60. The van der Waals surface area contributed by atoms with Crippen LogP contribution in [0.5, 0.6) is 0 Å². The van der Waals surface area contributed by atoms with Crippen LogP contribution in [0, 0.1) is 5.82 Å². The molecule has 32 heavy (non-hydrogen) atoms. The average Bonchev–Trinajstić information content (AvgIpc) is 3.13. The largest absolute Gasteiger partial charge is 0.337 e. The maximum absolute atomic E-state index is 13.1. The summed E-state index contributed by atoms with van der Waals surface area (Å²) in [6, 6.07) is 21.1. The molecular formula is C25H18FN3O2S. The predicted molar refractivity (Wildman–Crippen MR) is 126 cm³/mol. The van der Waals surface area contributed by atoms with Gasteiger partial charge in [0.15, 0.2) is 0 Å². The van der Waals surface area contributed by atoms with E-state index in [2.05, 4.69) is 10.6 Å². The molecule has 0 saturated carbocycles. The van der Waals surface area contributed by atoms with Crippen LogP contribution in [0.2, 0.25) is 0 Å². The van der Waals surface area contributed by atoms with Gasteiger partial charge in [0.25, 0.3) is 5.91 Å². The highest BCUT2D eigenvalue weighted by Gasteiger charge is 2.21. The lowest BCUT2D eigenvalue weighted by Gasteiger charge is -2.18. The number of carbonyl (C=O) groups is 2. The van der Waals surface area contributed by atoms with Gasteiger partial charge in [-0.15, -0.1) is 0 Å². The molecule has 2 N–H and O–H groups in total. The number of aromatic nitrogens is 1. The second kappa shape index (κ2) is 8.36. The first kappa shape index (κ1) is 20.1. The van der Waals surface area contributed by atoms with Crippen molar-refractivity contribution in [2.75, 3.05) is 10.6 Å². The van der Waals surface area contributed by atoms with E-state index in [1.54, 1.807) is 0 Å². The Bertz CT molecular complexity index is 1380. The first-order valence-corrected chi connectivity index (χ1v) is 10.8. The molecule has 1 aliphatic rings. The Labute approximate surface area is 187 Å². The van der Waals surface area contributed by atoms with Gasteiger partial charge in [-0.05, 0) is 48.5 Å². The van der Waals surface area contributed by atoms with E-state index in [1.165, 1.54) is 36.0 Å². The summed E-state index contributed by atoms with van der Waals surface area (Å²) in [5.74, 6) is -0.737. The molecule has 0 aliphatic carbocycles. The van der Waals surface area contributed by atoms with Crippen molar-refractivity contribution in [3.8, 4) is 0 Å². The van der Waals surface area contributed by atoms with Gasteiger partial charge in [-0.25, -0.2) is 4.39 Å². The molecule has 7 heteroatoms. The zero-order valence-electron chi connectivity index (χ0n) is 16.8. The van der Waals surface area contributed by atoms with Crippen molar-refractivity contribution < 1.29 is 14.0 Å². The number of rotatable bonds is 4. The Balaban J connectivity index is 1.44. The summed E-state index contributed by atoms with van der Waals surface area (Å²) < 4.78 is 14.9. The summed E-state index contributed by atoms with van der Waals surface area (Å²) in [4.78, 5) is 26.8. The number of anilines is 2. The molecule has 0 bridgehead atoms. The minimum atomic E-state index is -0.357. The molecule has 5 nitrogen and oxygen atoms in total. The van der Waals surface area contributed by atoms with Crippen LogP contribution in [0.3, 0.4) is 0 Å². The van der Waals surface area contributed by atoms with E-state index in [4.69, 9.17) is 0 Å². The van der Waals surface area contributed by atoms with Crippen LogP contribution >= 0.6 is 11.8 Å². The number of fused-ring (bicyclic) bond motifs is 2. The molecule has 5 rings (SSSR count). The first-order valence-electron chi connectivity index (χ1n) is 10.00. The molecule has 1 aromatic heterocycles. The predicted octanol–water partition coefficient (Wildman–Crippen LogP) is 5.50. The van der Waals surface area contributed by atoms with E-state index in [0.29, 0.717) is 10.6 Å². The zero-order valence-corrected chi connectivity index (χ0v) is 17.7. The number of amides is 2. The summed E-state index contributed by atoms with van der Waals surface area (Å²) in [7, 11) is 0. The summed E-state index contributed by atoms with van der Waals surface area (Å²) >= 11 is 1.42. The van der Waals surface area contributed by atoms with Gasteiger partial charge in [0.1, 0.15) is 12.4 Å². The van der Waals surface area contributed by atoms with Crippen molar-refractivity contribution in [1.82, 2.24) is 4.57 Å². The van der Waals surface area contributed by atoms with E-state index in [-0.39, 0.29) is 24.2 Å². The maximum atomic E-state index is 13.1. The quantitative estimate of drug-likeness (QED) is 0.409. The third-order valence-electron chi connectivity index (χ3n) is 5.13. The zero-order chi connectivity index (χ0) is 22.1. The highest BCUT2D eigenvalue weighted by molar-refractivity contribution is 8.04. The van der Waals surface area contributed by atoms with E-state index < -0.39 is 0 Å². The molecule has 2 amide bonds. The van der Waals surface area contributed by atoms with Gasteiger partial charge in [0, 0.05) is 33.2 Å². The van der Waals surface area contributed by atoms with E-state index in [1.807, 2.05) is 65.4 Å². The smallest absolute Gasteiger partial charge is 0.262 e. The minimum Gasteiger partial charge on any atom is -0.337 e. The molecule has 0 saturated heterocycles. The maximum Gasteiger partial charge on any atom is 0.262 e. The van der Waals surface area contributed by atoms with Crippen molar-refractivity contribution >= 4 is 51.9 Å². The van der Waals surface area contributed by atoms with Gasteiger partial charge in [-0.1, -0.05) is 42.1 Å². The van der Waals surface area contributed by atoms with E-state index in [0.717, 1.165) is 27.0 Å². The van der Waals surface area contributed by atoms with Gasteiger partial charge < -0.3 is 15.2 Å². The highest BCUT2D eigenvalue weighted by atomic mass is 32.2. The standard InChI is InChI=1S/C25H18FN3O2S/c26-17-9-11-18(12-10-17)27-24(30)15-29-14-16(19-5-1-3-7-21(19)29)13-23-25(31)28-20-6-2-4-8-22(20)32-23/h1-14H,15H2,(H,27,30)(H,28,31)/b23-13-. The number of halogens is 1. The fourth-order valence-electron chi connectivity index (χ4n) is 3.65. The Morgan fingerprint density at radius 1 is 1.03 bits per heavy atom. The molecule has 0 radical (unpaired) electrons. The Kier molecular flexibility index (Phi) is 5.25. The number of para-hydroxylation sites is 2. The van der Waals surface area contributed by atoms with Crippen molar-refractivity contribution in [3.05, 3.63) is 95.3 Å². The summed E-state index contributed by atoms with van der Waals surface area (Å²) in [5, 5.41) is 6.65. The molecule has 158 valence electrons. The summed E-state index contributed by atoms with van der Waals surface area (Å²) in [5.41, 5.74) is 3.08. The van der Waals surface area contributed by atoms with Gasteiger partial charge in [0.2, 0.25) is 5.91 Å². The number of hydrogen-bond acceptors (Lipinski definition) is 3. The molecular weight excluding hydrogens is 425 g/mol. The van der Waals surface area contributed by atoms with Crippen LogP contribution in [0.4, 0.5) is 15.8 Å². The Morgan fingerprint density at radius 2 is 1.78 bits per heavy atom. The van der Waals surface area contributed by atoms with Crippen LogP contribution in [0.25, 0.3) is 17.0 Å². The lowest BCUT2D eigenvalue weighted by Crippen LogP contribution is -2.18. The van der Waals surface area contributed by atoms with Gasteiger partial charge in [-0.3, -0.25) is 9.59 Å². The summed E-state index contributed by atoms with van der Waals surface area (Å²) in [6.45, 7) is 0.0865. The number of nitrogens with zero attached hydrogens (tertiary/aromatic N) is 1. The van der Waals surface area contributed by atoms with Crippen molar-refractivity contribution in [2.24, 2.45) is 0 Å². The van der Waals surface area contributed by atoms with Crippen LogP contribution in [-0.2, 0) is 16.1 Å². The molecule has 3 aromatic carbocycles. The van der Waals surface area contributed by atoms with Gasteiger partial charge in [0.05, 0.1) is 10.6 Å². The van der Waals surface area contributed by atoms with Crippen molar-refractivity contribution in [2.45, 2.75) is 11.4 Å². The number of benzene rings is 3. The molecule has 4 aromatic rings. The Hall–Kier alpha value is -3.84. The molecule has 0 fully saturated rings. The lowest BCUT2D eigenvalue weighted by atomic mass is 10.1. The number of nitrogens with one attached hydrogen (secondary N) is 2. The summed E-state index contributed by atoms with van der Waals surface area (Å²) in [6.07, 6.45) is 3.73. The van der Waals surface area contributed by atoms with Gasteiger partial charge in [-0.2, -0.15) is 0 Å².